The highest BCUT2D eigenvalue weighted by molar-refractivity contribution is 7.16. The lowest BCUT2D eigenvalue weighted by Crippen LogP contribution is -2.07. The quantitative estimate of drug-likeness (QED) is 0.730. The summed E-state index contributed by atoms with van der Waals surface area (Å²) in [6, 6.07) is 3.92. The summed E-state index contributed by atoms with van der Waals surface area (Å²) in [5.74, 6) is 0. The van der Waals surface area contributed by atoms with Gasteiger partial charge in [-0.15, -0.1) is 11.3 Å². The van der Waals surface area contributed by atoms with Crippen LogP contribution in [0.1, 0.15) is 11.0 Å². The molecular weight excluding hydrogens is 182 g/mol. The van der Waals surface area contributed by atoms with Crippen LogP contribution in [0.15, 0.2) is 12.1 Å². The van der Waals surface area contributed by atoms with Gasteiger partial charge >= 0.3 is 0 Å². The van der Waals surface area contributed by atoms with Gasteiger partial charge in [0.25, 0.3) is 0 Å². The SMILES string of the molecule is Clc1ccc(C2CNCO2)s1. The minimum absolute atomic E-state index is 0.215. The lowest BCUT2D eigenvalue weighted by atomic mass is 10.3. The van der Waals surface area contributed by atoms with Crippen LogP contribution in [0.3, 0.4) is 0 Å². The van der Waals surface area contributed by atoms with Crippen molar-refractivity contribution in [1.82, 2.24) is 5.32 Å². The Bertz CT molecular complexity index is 244. The summed E-state index contributed by atoms with van der Waals surface area (Å²) in [7, 11) is 0. The fourth-order valence-corrected chi connectivity index (χ4v) is 2.20. The Kier molecular flexibility index (Phi) is 2.13. The fourth-order valence-electron chi connectivity index (χ4n) is 1.09. The van der Waals surface area contributed by atoms with E-state index in [4.69, 9.17) is 16.3 Å². The van der Waals surface area contributed by atoms with Gasteiger partial charge in [0.15, 0.2) is 0 Å². The first-order valence-electron chi connectivity index (χ1n) is 3.44. The summed E-state index contributed by atoms with van der Waals surface area (Å²) in [6.45, 7) is 1.55. The van der Waals surface area contributed by atoms with Crippen LogP contribution >= 0.6 is 22.9 Å². The molecule has 1 aliphatic heterocycles. The molecule has 1 aromatic rings. The van der Waals surface area contributed by atoms with Gasteiger partial charge in [-0.3, -0.25) is 5.32 Å². The zero-order chi connectivity index (χ0) is 7.68. The van der Waals surface area contributed by atoms with E-state index in [1.165, 1.54) is 4.88 Å². The largest absolute Gasteiger partial charge is 0.356 e. The fraction of sp³-hybridized carbons (Fsp3) is 0.429. The minimum Gasteiger partial charge on any atom is -0.356 e. The average Bonchev–Trinajstić information content (AvgIpc) is 2.55. The first-order chi connectivity index (χ1) is 5.36. The van der Waals surface area contributed by atoms with Crippen LogP contribution in [0.2, 0.25) is 4.34 Å². The molecule has 0 aromatic carbocycles. The van der Waals surface area contributed by atoms with E-state index >= 15 is 0 Å². The number of hydrogen-bond donors (Lipinski definition) is 1. The van der Waals surface area contributed by atoms with Gasteiger partial charge in [-0.05, 0) is 12.1 Å². The Morgan fingerprint density at radius 3 is 3.09 bits per heavy atom. The van der Waals surface area contributed by atoms with Crippen molar-refractivity contribution in [3.63, 3.8) is 0 Å². The van der Waals surface area contributed by atoms with Gasteiger partial charge < -0.3 is 4.74 Å². The molecule has 1 aromatic heterocycles. The average molecular weight is 190 g/mol. The number of nitrogens with one attached hydrogen (secondary N) is 1. The predicted molar refractivity (Wildman–Crippen MR) is 46.0 cm³/mol. The molecule has 2 rings (SSSR count). The van der Waals surface area contributed by atoms with Crippen molar-refractivity contribution in [2.75, 3.05) is 13.3 Å². The molecule has 1 N–H and O–H groups in total. The molecule has 0 amide bonds. The third kappa shape index (κ3) is 1.56. The standard InChI is InChI=1S/C7H8ClNOS/c8-7-2-1-6(11-7)5-3-9-4-10-5/h1-2,5,9H,3-4H2. The highest BCUT2D eigenvalue weighted by atomic mass is 35.5. The molecule has 2 heterocycles. The van der Waals surface area contributed by atoms with E-state index in [0.717, 1.165) is 10.9 Å². The van der Waals surface area contributed by atoms with E-state index in [2.05, 4.69) is 5.32 Å². The molecule has 0 spiro atoms. The molecule has 60 valence electrons. The van der Waals surface area contributed by atoms with Gasteiger partial charge in [-0.2, -0.15) is 0 Å². The summed E-state index contributed by atoms with van der Waals surface area (Å²) < 4.78 is 6.22. The summed E-state index contributed by atoms with van der Waals surface area (Å²) in [4.78, 5) is 1.21. The Hall–Kier alpha value is -0.0900. The van der Waals surface area contributed by atoms with Gasteiger partial charge in [0, 0.05) is 11.4 Å². The van der Waals surface area contributed by atoms with E-state index in [9.17, 15) is 0 Å². The van der Waals surface area contributed by atoms with Crippen LogP contribution in [0.4, 0.5) is 0 Å². The van der Waals surface area contributed by atoms with Crippen molar-refractivity contribution in [3.8, 4) is 0 Å². The molecule has 2 nitrogen and oxygen atoms in total. The molecule has 1 unspecified atom stereocenters. The van der Waals surface area contributed by atoms with Crippen molar-refractivity contribution in [2.24, 2.45) is 0 Å². The maximum atomic E-state index is 5.78. The van der Waals surface area contributed by atoms with Crippen LogP contribution in [-0.4, -0.2) is 13.3 Å². The first-order valence-corrected chi connectivity index (χ1v) is 4.63. The van der Waals surface area contributed by atoms with E-state index in [-0.39, 0.29) is 6.10 Å². The number of rotatable bonds is 1. The Morgan fingerprint density at radius 1 is 1.64 bits per heavy atom. The maximum absolute atomic E-state index is 5.78. The van der Waals surface area contributed by atoms with Crippen molar-refractivity contribution in [3.05, 3.63) is 21.3 Å². The van der Waals surface area contributed by atoms with E-state index < -0.39 is 0 Å². The molecule has 1 atom stereocenters. The number of thiophene rings is 1. The lowest BCUT2D eigenvalue weighted by Gasteiger charge is -2.02. The van der Waals surface area contributed by atoms with Crippen LogP contribution < -0.4 is 5.32 Å². The van der Waals surface area contributed by atoms with Crippen LogP contribution in [0.5, 0.6) is 0 Å². The second-order valence-electron chi connectivity index (χ2n) is 2.40. The second-order valence-corrected chi connectivity index (χ2v) is 4.14. The van der Waals surface area contributed by atoms with Gasteiger partial charge in [0.1, 0.15) is 6.10 Å². The van der Waals surface area contributed by atoms with Crippen LogP contribution in [-0.2, 0) is 4.74 Å². The summed E-state index contributed by atoms with van der Waals surface area (Å²) >= 11 is 7.37. The highest BCUT2D eigenvalue weighted by Gasteiger charge is 2.18. The summed E-state index contributed by atoms with van der Waals surface area (Å²) in [5, 5.41) is 3.12. The van der Waals surface area contributed by atoms with E-state index in [1.54, 1.807) is 11.3 Å². The Labute approximate surface area is 74.1 Å². The summed E-state index contributed by atoms with van der Waals surface area (Å²) in [5.41, 5.74) is 0. The molecule has 0 aliphatic carbocycles. The lowest BCUT2D eigenvalue weighted by molar-refractivity contribution is 0.117. The van der Waals surface area contributed by atoms with Gasteiger partial charge in [0.05, 0.1) is 11.1 Å². The molecule has 1 aliphatic rings. The monoisotopic (exact) mass is 189 g/mol. The molecule has 1 saturated heterocycles. The van der Waals surface area contributed by atoms with Gasteiger partial charge in [0.2, 0.25) is 0 Å². The molecule has 0 bridgehead atoms. The molecule has 11 heavy (non-hydrogen) atoms. The molecule has 4 heteroatoms. The van der Waals surface area contributed by atoms with E-state index in [0.29, 0.717) is 6.73 Å². The molecular formula is C7H8ClNOS. The Balaban J connectivity index is 2.15. The van der Waals surface area contributed by atoms with Crippen molar-refractivity contribution in [2.45, 2.75) is 6.10 Å². The number of ether oxygens (including phenoxy) is 1. The van der Waals surface area contributed by atoms with Crippen molar-refractivity contribution >= 4 is 22.9 Å². The normalized spacial score (nSPS) is 24.3. The third-order valence-corrected chi connectivity index (χ3v) is 2.95. The Morgan fingerprint density at radius 2 is 2.55 bits per heavy atom. The smallest absolute Gasteiger partial charge is 0.106 e. The molecule has 1 fully saturated rings. The van der Waals surface area contributed by atoms with Crippen LogP contribution in [0.25, 0.3) is 0 Å². The predicted octanol–water partition coefficient (Wildman–Crippen LogP) is 2.02. The molecule has 0 saturated carbocycles. The number of hydrogen-bond acceptors (Lipinski definition) is 3. The van der Waals surface area contributed by atoms with Gasteiger partial charge in [-0.1, -0.05) is 11.6 Å². The van der Waals surface area contributed by atoms with Crippen molar-refractivity contribution < 1.29 is 4.74 Å². The van der Waals surface area contributed by atoms with E-state index in [1.807, 2.05) is 12.1 Å². The molecule has 0 radical (unpaired) electrons. The first kappa shape index (κ1) is 7.55. The maximum Gasteiger partial charge on any atom is 0.106 e. The van der Waals surface area contributed by atoms with Crippen molar-refractivity contribution in [1.29, 1.82) is 0 Å². The topological polar surface area (TPSA) is 21.3 Å². The zero-order valence-corrected chi connectivity index (χ0v) is 7.41. The third-order valence-electron chi connectivity index (χ3n) is 1.63. The van der Waals surface area contributed by atoms with Gasteiger partial charge in [-0.25, -0.2) is 0 Å². The zero-order valence-electron chi connectivity index (χ0n) is 5.84. The van der Waals surface area contributed by atoms with Crippen LogP contribution in [0, 0.1) is 0 Å². The summed E-state index contributed by atoms with van der Waals surface area (Å²) in [6.07, 6.45) is 0.215. The number of halogens is 1. The minimum atomic E-state index is 0.215. The second kappa shape index (κ2) is 3.11. The highest BCUT2D eigenvalue weighted by Crippen LogP contribution is 2.29.